The van der Waals surface area contributed by atoms with E-state index in [9.17, 15) is 14.4 Å². The molecule has 2 saturated heterocycles. The summed E-state index contributed by atoms with van der Waals surface area (Å²) in [5, 5.41) is 0. The summed E-state index contributed by atoms with van der Waals surface area (Å²) >= 11 is 0. The molecule has 3 aliphatic heterocycles. The Morgan fingerprint density at radius 2 is 1.84 bits per heavy atom. The third kappa shape index (κ3) is 4.93. The molecule has 0 radical (unpaired) electrons. The minimum Gasteiger partial charge on any atom is -0.468 e. The van der Waals surface area contributed by atoms with E-state index in [4.69, 9.17) is 14.2 Å². The van der Waals surface area contributed by atoms with Gasteiger partial charge in [0.2, 0.25) is 11.8 Å². The summed E-state index contributed by atoms with van der Waals surface area (Å²) in [4.78, 5) is 44.7. The molecule has 1 aromatic rings. The number of rotatable bonds is 7. The summed E-state index contributed by atoms with van der Waals surface area (Å²) in [5.74, 6) is -0.808. The molecule has 2 amide bonds. The molecule has 0 aromatic heterocycles. The number of ether oxygens (including phenoxy) is 3. The molecule has 3 fully saturated rings. The van der Waals surface area contributed by atoms with Crippen molar-refractivity contribution >= 4 is 17.8 Å². The normalized spacial score (nSPS) is 30.1. The van der Waals surface area contributed by atoms with Gasteiger partial charge in [0.05, 0.1) is 39.1 Å². The summed E-state index contributed by atoms with van der Waals surface area (Å²) in [6, 6.07) is 9.79. The Morgan fingerprint density at radius 1 is 1.14 bits per heavy atom. The highest BCUT2D eigenvalue weighted by Crippen LogP contribution is 2.56. The average Bonchev–Trinajstić information content (AvgIpc) is 3.76. The predicted molar refractivity (Wildman–Crippen MR) is 136 cm³/mol. The Balaban J connectivity index is 1.57. The minimum atomic E-state index is -1.13. The van der Waals surface area contributed by atoms with E-state index in [0.29, 0.717) is 38.5 Å². The lowest BCUT2D eigenvalue weighted by molar-refractivity contribution is -0.182. The maximum Gasteiger partial charge on any atom is 0.320 e. The fourth-order valence-electron chi connectivity index (χ4n) is 6.13. The highest BCUT2D eigenvalue weighted by Gasteiger charge is 2.63. The molecular formula is C29H38N2O6. The van der Waals surface area contributed by atoms with E-state index in [-0.39, 0.29) is 54.7 Å². The van der Waals surface area contributed by atoms with Crippen molar-refractivity contribution in [2.45, 2.75) is 58.3 Å². The van der Waals surface area contributed by atoms with E-state index in [1.807, 2.05) is 36.4 Å². The van der Waals surface area contributed by atoms with Crippen molar-refractivity contribution < 1.29 is 28.6 Å². The SMILES string of the molecule is COC(=O)[C@]12C[C@H](CC(=O)N3CCOCC3)C(=O)N(Cc3ccccc3)C1=C[C@H](C(C)C)O[C@@H]2C1CC1. The number of piperidine rings is 1. The number of methoxy groups -OCH3 is 1. The maximum absolute atomic E-state index is 14.1. The van der Waals surface area contributed by atoms with Crippen LogP contribution in [0, 0.1) is 23.2 Å². The number of hydrogen-bond donors (Lipinski definition) is 0. The molecule has 200 valence electrons. The zero-order valence-electron chi connectivity index (χ0n) is 22.1. The minimum absolute atomic E-state index is 0.0567. The van der Waals surface area contributed by atoms with Crippen molar-refractivity contribution in [2.24, 2.45) is 23.2 Å². The Labute approximate surface area is 218 Å². The predicted octanol–water partition coefficient (Wildman–Crippen LogP) is 3.16. The molecule has 0 spiro atoms. The smallest absolute Gasteiger partial charge is 0.320 e. The second-order valence-electron chi connectivity index (χ2n) is 11.1. The first kappa shape index (κ1) is 25.9. The summed E-state index contributed by atoms with van der Waals surface area (Å²) in [6.07, 6.45) is 3.60. The first-order valence-electron chi connectivity index (χ1n) is 13.5. The van der Waals surface area contributed by atoms with E-state index in [0.717, 1.165) is 18.4 Å². The number of morpholine rings is 1. The van der Waals surface area contributed by atoms with Gasteiger partial charge in [-0.3, -0.25) is 14.4 Å². The van der Waals surface area contributed by atoms with Gasteiger partial charge in [0, 0.05) is 31.1 Å². The summed E-state index contributed by atoms with van der Waals surface area (Å²) in [5.41, 5.74) is 0.524. The zero-order valence-corrected chi connectivity index (χ0v) is 22.1. The van der Waals surface area contributed by atoms with Crippen LogP contribution >= 0.6 is 0 Å². The third-order valence-electron chi connectivity index (χ3n) is 8.27. The van der Waals surface area contributed by atoms with Crippen molar-refractivity contribution in [2.75, 3.05) is 33.4 Å². The fourth-order valence-corrected chi connectivity index (χ4v) is 6.13. The molecule has 8 nitrogen and oxygen atoms in total. The highest BCUT2D eigenvalue weighted by molar-refractivity contribution is 5.93. The molecule has 5 rings (SSSR count). The van der Waals surface area contributed by atoms with Crippen LogP contribution in [0.15, 0.2) is 42.1 Å². The van der Waals surface area contributed by atoms with Gasteiger partial charge >= 0.3 is 5.97 Å². The van der Waals surface area contributed by atoms with Crippen molar-refractivity contribution in [1.82, 2.24) is 9.80 Å². The van der Waals surface area contributed by atoms with E-state index >= 15 is 0 Å². The largest absolute Gasteiger partial charge is 0.468 e. The lowest BCUT2D eigenvalue weighted by Crippen LogP contribution is -2.61. The molecule has 4 aliphatic rings. The Morgan fingerprint density at radius 3 is 2.46 bits per heavy atom. The number of hydrogen-bond acceptors (Lipinski definition) is 6. The van der Waals surface area contributed by atoms with Crippen LogP contribution in [0.3, 0.4) is 0 Å². The molecule has 37 heavy (non-hydrogen) atoms. The fraction of sp³-hybridized carbons (Fsp3) is 0.621. The van der Waals surface area contributed by atoms with Gasteiger partial charge in [-0.1, -0.05) is 44.2 Å². The van der Waals surface area contributed by atoms with E-state index in [2.05, 4.69) is 13.8 Å². The molecule has 1 aromatic carbocycles. The maximum atomic E-state index is 14.1. The lowest BCUT2D eigenvalue weighted by Gasteiger charge is -2.53. The molecule has 4 atom stereocenters. The number of benzene rings is 1. The van der Waals surface area contributed by atoms with E-state index in [1.165, 1.54) is 7.11 Å². The van der Waals surface area contributed by atoms with Crippen LogP contribution in [0.4, 0.5) is 0 Å². The van der Waals surface area contributed by atoms with E-state index < -0.39 is 11.3 Å². The van der Waals surface area contributed by atoms with Crippen LogP contribution in [0.2, 0.25) is 0 Å². The second-order valence-corrected chi connectivity index (χ2v) is 11.1. The van der Waals surface area contributed by atoms with Crippen LogP contribution in [0.1, 0.15) is 45.1 Å². The van der Waals surface area contributed by atoms with Crippen molar-refractivity contribution in [3.63, 3.8) is 0 Å². The van der Waals surface area contributed by atoms with Crippen molar-refractivity contribution in [3.05, 3.63) is 47.7 Å². The Hall–Kier alpha value is -2.71. The zero-order chi connectivity index (χ0) is 26.2. The van der Waals surface area contributed by atoms with E-state index in [1.54, 1.807) is 9.80 Å². The van der Waals surface area contributed by atoms with Crippen LogP contribution in [0.25, 0.3) is 0 Å². The first-order chi connectivity index (χ1) is 17.8. The van der Waals surface area contributed by atoms with Crippen LogP contribution in [0.5, 0.6) is 0 Å². The molecule has 0 unspecified atom stereocenters. The monoisotopic (exact) mass is 510 g/mol. The lowest BCUT2D eigenvalue weighted by atomic mass is 9.64. The number of carbonyl (C=O) groups is 3. The van der Waals surface area contributed by atoms with Gasteiger partial charge in [-0.15, -0.1) is 0 Å². The van der Waals surface area contributed by atoms with Crippen molar-refractivity contribution in [1.29, 1.82) is 0 Å². The molecule has 8 heteroatoms. The Bertz CT molecular complexity index is 1050. The second kappa shape index (κ2) is 10.6. The van der Waals surface area contributed by atoms with Crippen LogP contribution in [-0.2, 0) is 35.1 Å². The van der Waals surface area contributed by atoms with Gasteiger partial charge in [0.25, 0.3) is 0 Å². The summed E-state index contributed by atoms with van der Waals surface area (Å²) in [7, 11) is 1.40. The molecule has 0 N–H and O–H groups in total. The van der Waals surface area contributed by atoms with Gasteiger partial charge in [0.15, 0.2) is 0 Å². The summed E-state index contributed by atoms with van der Waals surface area (Å²) < 4.78 is 17.5. The van der Waals surface area contributed by atoms with Gasteiger partial charge in [0.1, 0.15) is 5.41 Å². The van der Waals surface area contributed by atoms with Gasteiger partial charge in [-0.2, -0.15) is 0 Å². The number of esters is 1. The van der Waals surface area contributed by atoms with Gasteiger partial charge in [-0.05, 0) is 42.7 Å². The topological polar surface area (TPSA) is 85.4 Å². The highest BCUT2D eigenvalue weighted by atomic mass is 16.5. The average molecular weight is 511 g/mol. The van der Waals surface area contributed by atoms with Gasteiger partial charge in [-0.25, -0.2) is 0 Å². The quantitative estimate of drug-likeness (QED) is 0.524. The molecule has 3 heterocycles. The molecule has 1 saturated carbocycles. The Kier molecular flexibility index (Phi) is 7.41. The van der Waals surface area contributed by atoms with Crippen molar-refractivity contribution in [3.8, 4) is 0 Å². The van der Waals surface area contributed by atoms with Crippen LogP contribution < -0.4 is 0 Å². The first-order valence-corrected chi connectivity index (χ1v) is 13.5. The number of nitrogens with zero attached hydrogens (tertiary/aromatic N) is 2. The molecular weight excluding hydrogens is 472 g/mol. The molecule has 1 aliphatic carbocycles. The summed E-state index contributed by atoms with van der Waals surface area (Å²) in [6.45, 7) is 6.54. The van der Waals surface area contributed by atoms with Crippen LogP contribution in [-0.4, -0.2) is 73.2 Å². The standard InChI is InChI=1S/C29H38N2O6/c1-19(2)23-16-24-29(28(34)35-3,26(37-23)21-9-10-21)17-22(15-25(32)30-11-13-36-14-12-30)27(33)31(24)18-20-7-5-4-6-8-20/h4-8,16,19,21-23,26H,9-15,17-18H2,1-3H3/t22-,23+,26+,29+/m0/s1. The number of likely N-dealkylation sites (tertiary alicyclic amines) is 1. The third-order valence-corrected chi connectivity index (χ3v) is 8.27. The number of fused-ring (bicyclic) bond motifs is 1. The van der Waals surface area contributed by atoms with Gasteiger partial charge < -0.3 is 24.0 Å². The number of amides is 2. The number of carbonyl (C=O) groups excluding carboxylic acids is 3. The molecule has 0 bridgehead atoms.